The molecular formula is C28H31N3O3S. The van der Waals surface area contributed by atoms with Crippen molar-refractivity contribution in [1.82, 2.24) is 13.9 Å². The molecule has 7 heteroatoms. The second-order valence-corrected chi connectivity index (χ2v) is 11.4. The number of sulfonamides is 1. The van der Waals surface area contributed by atoms with Gasteiger partial charge in [0, 0.05) is 7.05 Å². The van der Waals surface area contributed by atoms with E-state index in [9.17, 15) is 13.2 Å². The molecule has 0 amide bonds. The molecule has 0 bridgehead atoms. The zero-order chi connectivity index (χ0) is 25.5. The molecule has 0 aliphatic rings. The second kappa shape index (κ2) is 9.40. The summed E-state index contributed by atoms with van der Waals surface area (Å²) in [6.45, 7) is 9.83. The van der Waals surface area contributed by atoms with Crippen molar-refractivity contribution in [3.63, 3.8) is 0 Å². The van der Waals surface area contributed by atoms with E-state index in [-0.39, 0.29) is 10.5 Å². The van der Waals surface area contributed by atoms with Crippen molar-refractivity contribution in [2.24, 2.45) is 0 Å². The van der Waals surface area contributed by atoms with Gasteiger partial charge in [-0.25, -0.2) is 13.4 Å². The van der Waals surface area contributed by atoms with Crippen LogP contribution in [-0.4, -0.2) is 29.3 Å². The summed E-state index contributed by atoms with van der Waals surface area (Å²) in [5.74, 6) is 0.668. The summed E-state index contributed by atoms with van der Waals surface area (Å²) in [4.78, 5) is 18.7. The fourth-order valence-electron chi connectivity index (χ4n) is 4.32. The second-order valence-electron chi connectivity index (χ2n) is 9.39. The van der Waals surface area contributed by atoms with Crippen LogP contribution in [0.3, 0.4) is 0 Å². The minimum Gasteiger partial charge on any atom is -0.268 e. The van der Waals surface area contributed by atoms with Crippen molar-refractivity contribution in [1.29, 1.82) is 0 Å². The van der Waals surface area contributed by atoms with Gasteiger partial charge in [0.1, 0.15) is 5.82 Å². The van der Waals surface area contributed by atoms with Crippen LogP contribution in [0.2, 0.25) is 0 Å². The van der Waals surface area contributed by atoms with Gasteiger partial charge in [-0.1, -0.05) is 44.2 Å². The third-order valence-corrected chi connectivity index (χ3v) is 8.35. The number of para-hydroxylation sites is 1. The first-order valence-corrected chi connectivity index (χ1v) is 13.1. The maximum Gasteiger partial charge on any atom is 0.266 e. The Kier molecular flexibility index (Phi) is 6.66. The lowest BCUT2D eigenvalue weighted by Crippen LogP contribution is -2.35. The molecule has 182 valence electrons. The molecule has 4 rings (SSSR count). The van der Waals surface area contributed by atoms with Gasteiger partial charge >= 0.3 is 0 Å². The van der Waals surface area contributed by atoms with Crippen molar-refractivity contribution in [2.45, 2.75) is 51.5 Å². The summed E-state index contributed by atoms with van der Waals surface area (Å²) in [6.07, 6.45) is 0. The molecule has 0 N–H and O–H groups in total. The van der Waals surface area contributed by atoms with Gasteiger partial charge < -0.3 is 0 Å². The Hall–Kier alpha value is -3.29. The summed E-state index contributed by atoms with van der Waals surface area (Å²) in [5.41, 5.74) is 4.05. The molecule has 1 unspecified atom stereocenters. The average Bonchev–Trinajstić information content (AvgIpc) is 2.82. The van der Waals surface area contributed by atoms with Crippen LogP contribution in [0.5, 0.6) is 0 Å². The first-order valence-electron chi connectivity index (χ1n) is 11.7. The molecule has 35 heavy (non-hydrogen) atoms. The summed E-state index contributed by atoms with van der Waals surface area (Å²) < 4.78 is 29.9. The molecule has 0 saturated carbocycles. The minimum absolute atomic E-state index is 0.206. The number of nitrogens with zero attached hydrogens (tertiary/aromatic N) is 3. The third-order valence-electron chi connectivity index (χ3n) is 6.41. The van der Waals surface area contributed by atoms with E-state index in [1.165, 1.54) is 11.4 Å². The summed E-state index contributed by atoms with van der Waals surface area (Å²) in [6, 6.07) is 19.3. The maximum absolute atomic E-state index is 13.7. The first-order chi connectivity index (χ1) is 16.5. The number of hydrogen-bond acceptors (Lipinski definition) is 4. The number of hydrogen-bond donors (Lipinski definition) is 0. The van der Waals surface area contributed by atoms with Crippen molar-refractivity contribution >= 4 is 20.9 Å². The molecule has 0 fully saturated rings. The highest BCUT2D eigenvalue weighted by atomic mass is 32.2. The normalized spacial score (nSPS) is 13.0. The standard InChI is InChI=1S/C28H31N3O3S/c1-18(2)22-11-13-24(14-12-22)35(33,34)30(6)21(5)27-29-26-10-8-7-9-25(26)28(32)31(27)23-16-19(3)15-20(4)17-23/h7-18,21H,1-6H3. The van der Waals surface area contributed by atoms with Gasteiger partial charge in [0.25, 0.3) is 5.56 Å². The van der Waals surface area contributed by atoms with Gasteiger partial charge in [-0.15, -0.1) is 0 Å². The van der Waals surface area contributed by atoms with E-state index in [2.05, 4.69) is 13.8 Å². The predicted molar refractivity (Wildman–Crippen MR) is 141 cm³/mol. The van der Waals surface area contributed by atoms with Crippen LogP contribution in [0.1, 0.15) is 55.2 Å². The summed E-state index contributed by atoms with van der Waals surface area (Å²) in [7, 11) is -2.30. The molecule has 6 nitrogen and oxygen atoms in total. The van der Waals surface area contributed by atoms with E-state index < -0.39 is 16.1 Å². The predicted octanol–water partition coefficient (Wildman–Crippen LogP) is 5.51. The largest absolute Gasteiger partial charge is 0.268 e. The van der Waals surface area contributed by atoms with Crippen molar-refractivity contribution < 1.29 is 8.42 Å². The number of aryl methyl sites for hydroxylation is 2. The zero-order valence-corrected chi connectivity index (χ0v) is 21.8. The van der Waals surface area contributed by atoms with Gasteiger partial charge in [-0.3, -0.25) is 9.36 Å². The number of fused-ring (bicyclic) bond motifs is 1. The first kappa shape index (κ1) is 24.8. The van der Waals surface area contributed by atoms with Crippen molar-refractivity contribution in [3.8, 4) is 5.69 Å². The Labute approximate surface area is 206 Å². The highest BCUT2D eigenvalue weighted by Crippen LogP contribution is 2.28. The summed E-state index contributed by atoms with van der Waals surface area (Å²) >= 11 is 0. The highest BCUT2D eigenvalue weighted by molar-refractivity contribution is 7.89. The van der Waals surface area contributed by atoms with Gasteiger partial charge in [0.15, 0.2) is 0 Å². The molecule has 1 atom stereocenters. The van der Waals surface area contributed by atoms with Gasteiger partial charge in [-0.05, 0) is 79.8 Å². The fourth-order valence-corrected chi connectivity index (χ4v) is 5.64. The Morgan fingerprint density at radius 2 is 1.49 bits per heavy atom. The minimum atomic E-state index is -3.83. The van der Waals surface area contributed by atoms with Crippen LogP contribution in [0.15, 0.2) is 76.4 Å². The lowest BCUT2D eigenvalue weighted by Gasteiger charge is -2.27. The SMILES string of the molecule is Cc1cc(C)cc(-n2c(C(C)N(C)S(=O)(=O)c3ccc(C(C)C)cc3)nc3ccccc3c2=O)c1. The Bertz CT molecular complexity index is 1530. The smallest absolute Gasteiger partial charge is 0.266 e. The third kappa shape index (κ3) is 4.66. The molecule has 1 heterocycles. The Morgan fingerprint density at radius 1 is 0.886 bits per heavy atom. The molecule has 3 aromatic carbocycles. The Balaban J connectivity index is 1.89. The van der Waals surface area contributed by atoms with Crippen LogP contribution in [-0.2, 0) is 10.0 Å². The average molecular weight is 490 g/mol. The number of benzene rings is 3. The quantitative estimate of drug-likeness (QED) is 0.358. The molecule has 0 aliphatic heterocycles. The van der Waals surface area contributed by atoms with E-state index in [0.717, 1.165) is 16.7 Å². The van der Waals surface area contributed by atoms with E-state index in [0.29, 0.717) is 28.3 Å². The van der Waals surface area contributed by atoms with Gasteiger partial charge in [0.05, 0.1) is 27.5 Å². The van der Waals surface area contributed by atoms with Crippen LogP contribution < -0.4 is 5.56 Å². The lowest BCUT2D eigenvalue weighted by atomic mass is 10.0. The van der Waals surface area contributed by atoms with E-state index >= 15 is 0 Å². The van der Waals surface area contributed by atoms with Gasteiger partial charge in [0.2, 0.25) is 10.0 Å². The molecule has 1 aromatic heterocycles. The maximum atomic E-state index is 13.7. The monoisotopic (exact) mass is 489 g/mol. The van der Waals surface area contributed by atoms with Crippen LogP contribution in [0.25, 0.3) is 16.6 Å². The van der Waals surface area contributed by atoms with E-state index in [1.807, 2.05) is 50.2 Å². The fraction of sp³-hybridized carbons (Fsp3) is 0.286. The molecule has 0 radical (unpaired) electrons. The highest BCUT2D eigenvalue weighted by Gasteiger charge is 2.30. The molecule has 0 spiro atoms. The molecule has 0 aliphatic carbocycles. The molecule has 4 aromatic rings. The number of rotatable bonds is 6. The van der Waals surface area contributed by atoms with Gasteiger partial charge in [-0.2, -0.15) is 4.31 Å². The van der Waals surface area contributed by atoms with Crippen LogP contribution in [0.4, 0.5) is 0 Å². The topological polar surface area (TPSA) is 72.3 Å². The molecular weight excluding hydrogens is 458 g/mol. The number of aromatic nitrogens is 2. The Morgan fingerprint density at radius 3 is 2.09 bits per heavy atom. The van der Waals surface area contributed by atoms with Crippen LogP contribution in [0, 0.1) is 13.8 Å². The van der Waals surface area contributed by atoms with Crippen molar-refractivity contribution in [3.05, 3.63) is 99.6 Å². The zero-order valence-electron chi connectivity index (χ0n) is 21.0. The van der Waals surface area contributed by atoms with E-state index in [1.54, 1.807) is 41.8 Å². The van der Waals surface area contributed by atoms with E-state index in [4.69, 9.17) is 4.98 Å². The lowest BCUT2D eigenvalue weighted by molar-refractivity contribution is 0.379. The molecule has 0 saturated heterocycles. The van der Waals surface area contributed by atoms with Crippen LogP contribution >= 0.6 is 0 Å². The summed E-state index contributed by atoms with van der Waals surface area (Å²) in [5, 5.41) is 0.484. The van der Waals surface area contributed by atoms with Crippen molar-refractivity contribution in [2.75, 3.05) is 7.05 Å².